The predicted octanol–water partition coefficient (Wildman–Crippen LogP) is 3.29. The van der Waals surface area contributed by atoms with Gasteiger partial charge in [-0.25, -0.2) is 0 Å². The molecule has 1 aromatic carbocycles. The highest BCUT2D eigenvalue weighted by Crippen LogP contribution is 2.31. The molecule has 2 saturated heterocycles. The fraction of sp³-hybridized carbons (Fsp3) is 0.579. The number of amides is 2. The van der Waals surface area contributed by atoms with Gasteiger partial charge in [-0.3, -0.25) is 9.59 Å². The fourth-order valence-corrected chi connectivity index (χ4v) is 4.85. The van der Waals surface area contributed by atoms with Gasteiger partial charge in [0.1, 0.15) is 0 Å². The van der Waals surface area contributed by atoms with Crippen molar-refractivity contribution in [3.63, 3.8) is 0 Å². The Morgan fingerprint density at radius 3 is 2.31 bits per heavy atom. The van der Waals surface area contributed by atoms with Crippen molar-refractivity contribution in [1.29, 1.82) is 0 Å². The van der Waals surface area contributed by atoms with Gasteiger partial charge >= 0.3 is 0 Å². The zero-order valence-electron chi connectivity index (χ0n) is 15.5. The molecule has 2 fully saturated rings. The van der Waals surface area contributed by atoms with E-state index in [1.54, 1.807) is 11.8 Å². The van der Waals surface area contributed by atoms with Crippen LogP contribution in [0.4, 0.5) is 5.69 Å². The van der Waals surface area contributed by atoms with E-state index in [1.807, 2.05) is 43.1 Å². The molecule has 0 aliphatic carbocycles. The van der Waals surface area contributed by atoms with Crippen LogP contribution in [-0.4, -0.2) is 47.1 Å². The average molecular weight is 398 g/mol. The molecule has 2 aliphatic rings. The van der Waals surface area contributed by atoms with E-state index in [1.165, 1.54) is 19.8 Å². The lowest BCUT2D eigenvalue weighted by Crippen LogP contribution is -2.50. The van der Waals surface area contributed by atoms with Crippen molar-refractivity contribution in [3.05, 3.63) is 24.3 Å². The van der Waals surface area contributed by atoms with Crippen LogP contribution in [0, 0.1) is 0 Å². The zero-order valence-corrected chi connectivity index (χ0v) is 17.2. The Morgan fingerprint density at radius 2 is 1.77 bits per heavy atom. The quantitative estimate of drug-likeness (QED) is 0.748. The number of carbonyl (C=O) groups excluding carboxylic acids is 2. The minimum absolute atomic E-state index is 0. The first-order chi connectivity index (χ1) is 11.9. The molecule has 2 N–H and O–H groups in total. The number of piperidine rings is 1. The number of anilines is 1. The van der Waals surface area contributed by atoms with Crippen molar-refractivity contribution in [2.75, 3.05) is 12.4 Å². The normalized spacial score (nSPS) is 25.1. The maximum absolute atomic E-state index is 12.8. The second-order valence-electron chi connectivity index (χ2n) is 7.18. The fourth-order valence-electron chi connectivity index (χ4n) is 3.88. The van der Waals surface area contributed by atoms with Crippen molar-refractivity contribution < 1.29 is 9.59 Å². The van der Waals surface area contributed by atoms with Gasteiger partial charge in [0.15, 0.2) is 0 Å². The van der Waals surface area contributed by atoms with Gasteiger partial charge in [-0.15, -0.1) is 24.2 Å². The Hall–Kier alpha value is -1.24. The van der Waals surface area contributed by atoms with E-state index < -0.39 is 0 Å². The summed E-state index contributed by atoms with van der Waals surface area (Å²) in [5.74, 6) is 0.115. The highest BCUT2D eigenvalue weighted by atomic mass is 35.5. The minimum Gasteiger partial charge on any atom is -0.342 e. The van der Waals surface area contributed by atoms with Crippen molar-refractivity contribution >= 4 is 41.7 Å². The number of carbonyl (C=O) groups is 2. The molecule has 2 bridgehead atoms. The lowest BCUT2D eigenvalue weighted by atomic mass is 9.98. The van der Waals surface area contributed by atoms with E-state index in [-0.39, 0.29) is 29.5 Å². The Kier molecular flexibility index (Phi) is 7.38. The number of halogens is 1. The molecule has 0 saturated carbocycles. The van der Waals surface area contributed by atoms with Crippen LogP contribution in [0.25, 0.3) is 0 Å². The van der Waals surface area contributed by atoms with E-state index in [0.717, 1.165) is 23.4 Å². The molecule has 2 amide bonds. The Bertz CT molecular complexity index is 628. The van der Waals surface area contributed by atoms with Crippen LogP contribution in [0.15, 0.2) is 29.2 Å². The van der Waals surface area contributed by atoms with Crippen LogP contribution in [0.2, 0.25) is 0 Å². The van der Waals surface area contributed by atoms with Crippen molar-refractivity contribution in [3.8, 4) is 0 Å². The van der Waals surface area contributed by atoms with Crippen LogP contribution in [0.3, 0.4) is 0 Å². The average Bonchev–Trinajstić information content (AvgIpc) is 2.92. The summed E-state index contributed by atoms with van der Waals surface area (Å²) < 4.78 is 0. The monoisotopic (exact) mass is 397 g/mol. The summed E-state index contributed by atoms with van der Waals surface area (Å²) in [5, 5.41) is 6.26. The molecular weight excluding hydrogens is 370 g/mol. The van der Waals surface area contributed by atoms with E-state index in [2.05, 4.69) is 10.6 Å². The lowest BCUT2D eigenvalue weighted by Gasteiger charge is -2.36. The summed E-state index contributed by atoms with van der Waals surface area (Å²) in [7, 11) is 1.95. The van der Waals surface area contributed by atoms with Crippen LogP contribution in [-0.2, 0) is 9.59 Å². The molecule has 3 atom stereocenters. The van der Waals surface area contributed by atoms with E-state index in [9.17, 15) is 9.59 Å². The van der Waals surface area contributed by atoms with Crippen LogP contribution in [0.1, 0.15) is 39.5 Å². The smallest absolute Gasteiger partial charge is 0.235 e. The number of nitrogens with zero attached hydrogens (tertiary/aromatic N) is 1. The molecule has 0 radical (unpaired) electrons. The molecule has 144 valence electrons. The van der Waals surface area contributed by atoms with E-state index in [4.69, 9.17) is 0 Å². The third-order valence-corrected chi connectivity index (χ3v) is 6.28. The first kappa shape index (κ1) is 21.1. The van der Waals surface area contributed by atoms with Gasteiger partial charge < -0.3 is 15.5 Å². The highest BCUT2D eigenvalue weighted by molar-refractivity contribution is 8.00. The molecule has 5 nitrogen and oxygen atoms in total. The molecule has 0 spiro atoms. The second-order valence-corrected chi connectivity index (χ2v) is 8.59. The Labute approximate surface area is 166 Å². The summed E-state index contributed by atoms with van der Waals surface area (Å²) in [6.45, 7) is 3.47. The molecule has 3 unspecified atom stereocenters. The topological polar surface area (TPSA) is 61.4 Å². The van der Waals surface area contributed by atoms with Gasteiger partial charge in [0.2, 0.25) is 11.8 Å². The Morgan fingerprint density at radius 1 is 1.19 bits per heavy atom. The highest BCUT2D eigenvalue weighted by Gasteiger charge is 2.37. The number of benzene rings is 1. The lowest BCUT2D eigenvalue weighted by molar-refractivity contribution is -0.131. The molecule has 3 rings (SSSR count). The van der Waals surface area contributed by atoms with Crippen molar-refractivity contribution in [2.24, 2.45) is 0 Å². The predicted molar refractivity (Wildman–Crippen MR) is 109 cm³/mol. The zero-order chi connectivity index (χ0) is 18.0. The van der Waals surface area contributed by atoms with Crippen LogP contribution < -0.4 is 10.6 Å². The Balaban J connectivity index is 0.00000243. The van der Waals surface area contributed by atoms with Crippen LogP contribution in [0.5, 0.6) is 0 Å². The van der Waals surface area contributed by atoms with Gasteiger partial charge in [0, 0.05) is 42.7 Å². The SMILES string of the molecule is CC(=O)Nc1ccc(SC(C)C(=O)N(C)C2CC3CCC(C2)N3)cc1.Cl. The molecule has 1 aromatic rings. The first-order valence-corrected chi connectivity index (χ1v) is 9.87. The van der Waals surface area contributed by atoms with E-state index >= 15 is 0 Å². The summed E-state index contributed by atoms with van der Waals surface area (Å²) in [6.07, 6.45) is 4.63. The molecular formula is C19H28ClN3O2S. The molecule has 26 heavy (non-hydrogen) atoms. The summed E-state index contributed by atoms with van der Waals surface area (Å²) in [5.41, 5.74) is 0.776. The largest absolute Gasteiger partial charge is 0.342 e. The van der Waals surface area contributed by atoms with Gasteiger partial charge in [-0.2, -0.15) is 0 Å². The number of fused-ring (bicyclic) bond motifs is 2. The number of hydrogen-bond donors (Lipinski definition) is 2. The van der Waals surface area contributed by atoms with Gasteiger partial charge in [-0.1, -0.05) is 0 Å². The number of thioether (sulfide) groups is 1. The molecule has 7 heteroatoms. The molecule has 2 aliphatic heterocycles. The third kappa shape index (κ3) is 5.15. The number of nitrogens with one attached hydrogen (secondary N) is 2. The van der Waals surface area contributed by atoms with Crippen LogP contribution >= 0.6 is 24.2 Å². The van der Waals surface area contributed by atoms with Gasteiger partial charge in [0.05, 0.1) is 5.25 Å². The maximum atomic E-state index is 12.8. The summed E-state index contributed by atoms with van der Waals surface area (Å²) >= 11 is 1.57. The maximum Gasteiger partial charge on any atom is 0.235 e. The summed E-state index contributed by atoms with van der Waals surface area (Å²) in [6, 6.07) is 9.17. The molecule has 0 aromatic heterocycles. The van der Waals surface area contributed by atoms with Crippen molar-refractivity contribution in [2.45, 2.75) is 67.8 Å². The van der Waals surface area contributed by atoms with Gasteiger partial charge in [0.25, 0.3) is 0 Å². The second kappa shape index (κ2) is 9.11. The number of hydrogen-bond acceptors (Lipinski definition) is 4. The number of rotatable bonds is 5. The minimum atomic E-state index is -0.121. The van der Waals surface area contributed by atoms with E-state index in [0.29, 0.717) is 18.1 Å². The third-order valence-electron chi connectivity index (χ3n) is 5.18. The van der Waals surface area contributed by atoms with Gasteiger partial charge in [-0.05, 0) is 56.9 Å². The van der Waals surface area contributed by atoms with Crippen molar-refractivity contribution in [1.82, 2.24) is 10.2 Å². The molecule has 2 heterocycles. The summed E-state index contributed by atoms with van der Waals surface area (Å²) in [4.78, 5) is 26.9. The standard InChI is InChI=1S/C19H27N3O2S.ClH/c1-12(25-18-8-6-14(7-9-18)20-13(2)23)19(24)22(3)17-10-15-4-5-16(11-17)21-15;/h6-9,12,15-17,21H,4-5,10-11H2,1-3H3,(H,20,23);1H. The first-order valence-electron chi connectivity index (χ1n) is 8.99.